The predicted octanol–water partition coefficient (Wildman–Crippen LogP) is 6.45. The van der Waals surface area contributed by atoms with Gasteiger partial charge in [0, 0.05) is 29.8 Å². The summed E-state index contributed by atoms with van der Waals surface area (Å²) >= 11 is 0. The predicted molar refractivity (Wildman–Crippen MR) is 120 cm³/mol. The molecule has 0 bridgehead atoms. The molecular formula is C25H26N2O3. The molecule has 1 unspecified atom stereocenters. The minimum atomic E-state index is -0.424. The number of nitrogens with zero attached hydrogens (tertiary/aromatic N) is 1. The molecule has 3 rings (SSSR count). The molecule has 1 N–H and O–H groups in total. The number of ketones is 1. The summed E-state index contributed by atoms with van der Waals surface area (Å²) in [6.07, 6.45) is 0.279. The number of nitro benzene ring substituents is 1. The molecule has 0 aliphatic rings. The molecule has 0 fully saturated rings. The van der Waals surface area contributed by atoms with Gasteiger partial charge in [0.05, 0.1) is 11.0 Å². The van der Waals surface area contributed by atoms with Crippen molar-refractivity contribution in [2.24, 2.45) is 0 Å². The molecule has 154 valence electrons. The third-order valence-electron chi connectivity index (χ3n) is 5.19. The van der Waals surface area contributed by atoms with E-state index in [0.29, 0.717) is 11.5 Å². The van der Waals surface area contributed by atoms with Crippen molar-refractivity contribution in [1.29, 1.82) is 0 Å². The number of carbonyl (C=O) groups excluding carboxylic acids is 1. The molecule has 0 aliphatic carbocycles. The number of Topliss-reactive ketones (excluding diaryl/α,β-unsaturated/α-hetero) is 1. The topological polar surface area (TPSA) is 72.2 Å². The average molecular weight is 402 g/mol. The number of nitrogens with one attached hydrogen (secondary N) is 1. The second-order valence-corrected chi connectivity index (χ2v) is 7.82. The summed E-state index contributed by atoms with van der Waals surface area (Å²) < 4.78 is 0. The van der Waals surface area contributed by atoms with Gasteiger partial charge in [0.2, 0.25) is 0 Å². The van der Waals surface area contributed by atoms with Crippen LogP contribution in [0.3, 0.4) is 0 Å². The van der Waals surface area contributed by atoms with Crippen LogP contribution in [-0.4, -0.2) is 10.7 Å². The van der Waals surface area contributed by atoms with Crippen LogP contribution < -0.4 is 5.32 Å². The van der Waals surface area contributed by atoms with Gasteiger partial charge >= 0.3 is 0 Å². The maximum Gasteiger partial charge on any atom is 0.269 e. The number of anilines is 1. The average Bonchev–Trinajstić information content (AvgIpc) is 2.74. The van der Waals surface area contributed by atoms with E-state index in [1.807, 2.05) is 43.3 Å². The summed E-state index contributed by atoms with van der Waals surface area (Å²) in [4.78, 5) is 23.4. The van der Waals surface area contributed by atoms with E-state index < -0.39 is 4.92 Å². The Balaban J connectivity index is 1.86. The molecule has 1 atom stereocenters. The maximum absolute atomic E-state index is 12.9. The quantitative estimate of drug-likeness (QED) is 0.267. The second-order valence-electron chi connectivity index (χ2n) is 7.82. The number of rotatable bonds is 8. The molecule has 5 heteroatoms. The van der Waals surface area contributed by atoms with E-state index in [0.717, 1.165) is 16.8 Å². The molecule has 0 aliphatic heterocycles. The first-order valence-electron chi connectivity index (χ1n) is 10.0. The van der Waals surface area contributed by atoms with E-state index in [1.54, 1.807) is 12.1 Å². The molecule has 3 aromatic carbocycles. The lowest BCUT2D eigenvalue weighted by Gasteiger charge is -2.21. The molecule has 3 aromatic rings. The summed E-state index contributed by atoms with van der Waals surface area (Å²) in [6, 6.07) is 21.8. The Labute approximate surface area is 176 Å². The van der Waals surface area contributed by atoms with E-state index in [-0.39, 0.29) is 23.9 Å². The van der Waals surface area contributed by atoms with E-state index in [1.165, 1.54) is 17.7 Å². The van der Waals surface area contributed by atoms with E-state index in [2.05, 4.69) is 31.3 Å². The lowest BCUT2D eigenvalue weighted by atomic mass is 9.94. The number of hydrogen-bond donors (Lipinski definition) is 1. The molecule has 0 spiro atoms. The summed E-state index contributed by atoms with van der Waals surface area (Å²) in [5.41, 5.74) is 4.78. The number of carbonyl (C=O) groups is 1. The van der Waals surface area contributed by atoms with Crippen molar-refractivity contribution in [2.75, 3.05) is 5.32 Å². The van der Waals surface area contributed by atoms with Crippen LogP contribution >= 0.6 is 0 Å². The fraction of sp³-hybridized carbons (Fsp3) is 0.240. The van der Waals surface area contributed by atoms with Crippen LogP contribution in [-0.2, 0) is 0 Å². The number of nitro groups is 1. The molecular weight excluding hydrogens is 376 g/mol. The molecule has 0 amide bonds. The van der Waals surface area contributed by atoms with Gasteiger partial charge in [-0.3, -0.25) is 14.9 Å². The number of non-ortho nitro benzene ring substituents is 1. The Bertz CT molecular complexity index is 1010. The first kappa shape index (κ1) is 21.2. The summed E-state index contributed by atoms with van der Waals surface area (Å²) in [7, 11) is 0. The van der Waals surface area contributed by atoms with E-state index in [4.69, 9.17) is 0 Å². The summed E-state index contributed by atoms with van der Waals surface area (Å²) in [6.45, 7) is 6.27. The molecule has 0 saturated carbocycles. The Morgan fingerprint density at radius 1 is 0.900 bits per heavy atom. The second kappa shape index (κ2) is 9.35. The minimum absolute atomic E-state index is 0.0362. The highest BCUT2D eigenvalue weighted by molar-refractivity contribution is 5.96. The van der Waals surface area contributed by atoms with Crippen LogP contribution in [0.5, 0.6) is 0 Å². The molecule has 5 nitrogen and oxygen atoms in total. The summed E-state index contributed by atoms with van der Waals surface area (Å²) in [5, 5.41) is 14.3. The number of hydrogen-bond acceptors (Lipinski definition) is 4. The third kappa shape index (κ3) is 5.32. The zero-order valence-corrected chi connectivity index (χ0v) is 17.5. The van der Waals surface area contributed by atoms with Gasteiger partial charge in [-0.05, 0) is 36.1 Å². The van der Waals surface area contributed by atoms with Crippen molar-refractivity contribution in [3.63, 3.8) is 0 Å². The van der Waals surface area contributed by atoms with Crippen LogP contribution in [0.25, 0.3) is 0 Å². The zero-order chi connectivity index (χ0) is 21.7. The zero-order valence-electron chi connectivity index (χ0n) is 17.5. The van der Waals surface area contributed by atoms with Gasteiger partial charge in [0.25, 0.3) is 5.69 Å². The standard InChI is InChI=1S/C25H26N2O3/c1-17(2)19-8-10-20(11-9-19)24(16-25(28)21-6-4-18(3)5-7-21)26-22-12-14-23(15-13-22)27(29)30/h4-15,17,24,26H,16H2,1-3H3. The van der Waals surface area contributed by atoms with E-state index in [9.17, 15) is 14.9 Å². The Hall–Kier alpha value is -3.47. The first-order chi connectivity index (χ1) is 14.3. The highest BCUT2D eigenvalue weighted by Crippen LogP contribution is 2.27. The smallest absolute Gasteiger partial charge is 0.269 e. The largest absolute Gasteiger partial charge is 0.378 e. The van der Waals surface area contributed by atoms with Gasteiger partial charge in [0.15, 0.2) is 5.78 Å². The molecule has 0 saturated heterocycles. The highest BCUT2D eigenvalue weighted by atomic mass is 16.6. The lowest BCUT2D eigenvalue weighted by molar-refractivity contribution is -0.384. The van der Waals surface area contributed by atoms with Gasteiger partial charge in [-0.1, -0.05) is 67.9 Å². The molecule has 30 heavy (non-hydrogen) atoms. The monoisotopic (exact) mass is 402 g/mol. The van der Waals surface area contributed by atoms with Crippen molar-refractivity contribution >= 4 is 17.2 Å². The van der Waals surface area contributed by atoms with Crippen LogP contribution in [0.15, 0.2) is 72.8 Å². The summed E-state index contributed by atoms with van der Waals surface area (Å²) in [5.74, 6) is 0.469. The number of benzene rings is 3. The maximum atomic E-state index is 12.9. The van der Waals surface area contributed by atoms with Gasteiger partial charge in [0.1, 0.15) is 0 Å². The van der Waals surface area contributed by atoms with Crippen molar-refractivity contribution in [3.8, 4) is 0 Å². The fourth-order valence-electron chi connectivity index (χ4n) is 3.29. The van der Waals surface area contributed by atoms with Gasteiger partial charge in [-0.25, -0.2) is 0 Å². The van der Waals surface area contributed by atoms with Gasteiger partial charge < -0.3 is 5.32 Å². The SMILES string of the molecule is Cc1ccc(C(=O)CC(Nc2ccc([N+](=O)[O-])cc2)c2ccc(C(C)C)cc2)cc1. The van der Waals surface area contributed by atoms with Crippen LogP contribution in [0.4, 0.5) is 11.4 Å². The molecule has 0 aromatic heterocycles. The fourth-order valence-corrected chi connectivity index (χ4v) is 3.29. The van der Waals surface area contributed by atoms with Crippen LogP contribution in [0.2, 0.25) is 0 Å². The van der Waals surface area contributed by atoms with Crippen molar-refractivity contribution < 1.29 is 9.72 Å². The molecule has 0 heterocycles. The van der Waals surface area contributed by atoms with E-state index >= 15 is 0 Å². The van der Waals surface area contributed by atoms with Gasteiger partial charge in [-0.15, -0.1) is 0 Å². The normalized spacial score (nSPS) is 11.9. The van der Waals surface area contributed by atoms with Crippen molar-refractivity contribution in [2.45, 2.75) is 39.2 Å². The third-order valence-corrected chi connectivity index (χ3v) is 5.19. The minimum Gasteiger partial charge on any atom is -0.378 e. The van der Waals surface area contributed by atoms with Crippen LogP contribution in [0, 0.1) is 17.0 Å². The number of aryl methyl sites for hydroxylation is 1. The molecule has 0 radical (unpaired) electrons. The first-order valence-corrected chi connectivity index (χ1v) is 10.0. The van der Waals surface area contributed by atoms with Crippen LogP contribution in [0.1, 0.15) is 59.3 Å². The van der Waals surface area contributed by atoms with Crippen molar-refractivity contribution in [1.82, 2.24) is 0 Å². The van der Waals surface area contributed by atoms with Crippen molar-refractivity contribution in [3.05, 3.63) is 105 Å². The Morgan fingerprint density at radius 3 is 2.00 bits per heavy atom. The van der Waals surface area contributed by atoms with Gasteiger partial charge in [-0.2, -0.15) is 0 Å². The Morgan fingerprint density at radius 2 is 1.47 bits per heavy atom. The Kier molecular flexibility index (Phi) is 6.62. The lowest BCUT2D eigenvalue weighted by Crippen LogP contribution is -2.16. The highest BCUT2D eigenvalue weighted by Gasteiger charge is 2.18.